The summed E-state index contributed by atoms with van der Waals surface area (Å²) in [6.07, 6.45) is -0.836. The molecular formula is C13H21FN2O3. The number of rotatable bonds is 2. The summed E-state index contributed by atoms with van der Waals surface area (Å²) in [6.45, 7) is 4.26. The van der Waals surface area contributed by atoms with Gasteiger partial charge in [-0.2, -0.15) is 0 Å². The molecule has 1 N–H and O–H groups in total. The third kappa shape index (κ3) is 2.73. The zero-order chi connectivity index (χ0) is 14.2. The summed E-state index contributed by atoms with van der Waals surface area (Å²) in [4.78, 5) is 24.9. The van der Waals surface area contributed by atoms with E-state index in [9.17, 15) is 14.0 Å². The van der Waals surface area contributed by atoms with Gasteiger partial charge in [0.15, 0.2) is 0 Å². The average Bonchev–Trinajstić information content (AvgIpc) is 2.73. The van der Waals surface area contributed by atoms with Gasteiger partial charge in [-0.1, -0.05) is 13.8 Å². The fraction of sp³-hybridized carbons (Fsp3) is 0.846. The topological polar surface area (TPSA) is 58.6 Å². The first-order valence-electron chi connectivity index (χ1n) is 6.60. The van der Waals surface area contributed by atoms with Crippen LogP contribution in [0.4, 0.5) is 4.39 Å². The number of alkyl halides is 1. The van der Waals surface area contributed by atoms with E-state index in [-0.39, 0.29) is 18.4 Å². The number of methoxy groups -OCH3 is 1. The predicted octanol–water partition coefficient (Wildman–Crippen LogP) is 0.486. The van der Waals surface area contributed by atoms with Crippen LogP contribution in [0.1, 0.15) is 26.7 Å². The van der Waals surface area contributed by atoms with Crippen LogP contribution in [0.3, 0.4) is 0 Å². The lowest BCUT2D eigenvalue weighted by molar-refractivity contribution is -0.148. The van der Waals surface area contributed by atoms with E-state index >= 15 is 0 Å². The van der Waals surface area contributed by atoms with E-state index in [4.69, 9.17) is 4.74 Å². The van der Waals surface area contributed by atoms with E-state index in [2.05, 4.69) is 5.32 Å². The lowest BCUT2D eigenvalue weighted by Crippen LogP contribution is -2.59. The second-order valence-corrected chi connectivity index (χ2v) is 6.04. The number of ether oxygens (including phenoxy) is 1. The molecule has 0 bridgehead atoms. The molecule has 5 nitrogen and oxygen atoms in total. The van der Waals surface area contributed by atoms with Crippen LogP contribution in [0.5, 0.6) is 0 Å². The van der Waals surface area contributed by atoms with Crippen molar-refractivity contribution >= 4 is 11.8 Å². The molecule has 0 radical (unpaired) electrons. The molecule has 0 aliphatic carbocycles. The SMILES string of the molecule is CO[C@H]1[C@@H](F)CN(C(=O)[C@@H]2CCC(=O)N2)CC1(C)C. The van der Waals surface area contributed by atoms with Crippen LogP contribution in [0.2, 0.25) is 0 Å². The first kappa shape index (κ1) is 14.2. The second-order valence-electron chi connectivity index (χ2n) is 6.04. The van der Waals surface area contributed by atoms with Crippen molar-refractivity contribution in [3.05, 3.63) is 0 Å². The smallest absolute Gasteiger partial charge is 0.245 e. The van der Waals surface area contributed by atoms with Gasteiger partial charge >= 0.3 is 0 Å². The van der Waals surface area contributed by atoms with E-state index in [0.717, 1.165) is 0 Å². The molecule has 0 saturated carbocycles. The van der Waals surface area contributed by atoms with Crippen LogP contribution in [-0.4, -0.2) is 55.2 Å². The molecule has 3 atom stereocenters. The van der Waals surface area contributed by atoms with Gasteiger partial charge in [0.1, 0.15) is 12.2 Å². The highest BCUT2D eigenvalue weighted by Gasteiger charge is 2.45. The van der Waals surface area contributed by atoms with Crippen molar-refractivity contribution in [2.24, 2.45) is 5.41 Å². The van der Waals surface area contributed by atoms with Gasteiger partial charge in [-0.15, -0.1) is 0 Å². The monoisotopic (exact) mass is 272 g/mol. The number of hydrogen-bond donors (Lipinski definition) is 1. The van der Waals surface area contributed by atoms with Crippen molar-refractivity contribution < 1.29 is 18.7 Å². The molecule has 0 aromatic heterocycles. The van der Waals surface area contributed by atoms with Crippen LogP contribution in [0, 0.1) is 5.41 Å². The van der Waals surface area contributed by atoms with Gasteiger partial charge in [-0.25, -0.2) is 4.39 Å². The molecular weight excluding hydrogens is 251 g/mol. The lowest BCUT2D eigenvalue weighted by atomic mass is 9.80. The van der Waals surface area contributed by atoms with Crippen molar-refractivity contribution in [1.82, 2.24) is 10.2 Å². The summed E-state index contributed by atoms with van der Waals surface area (Å²) in [5.74, 6) is -0.294. The van der Waals surface area contributed by atoms with Gasteiger partial charge in [0, 0.05) is 25.5 Å². The fourth-order valence-electron chi connectivity index (χ4n) is 3.10. The van der Waals surface area contributed by atoms with E-state index in [0.29, 0.717) is 19.4 Å². The molecule has 0 aromatic carbocycles. The van der Waals surface area contributed by atoms with E-state index in [1.807, 2.05) is 13.8 Å². The Morgan fingerprint density at radius 3 is 2.68 bits per heavy atom. The molecule has 2 amide bonds. The molecule has 108 valence electrons. The molecule has 19 heavy (non-hydrogen) atoms. The molecule has 2 rings (SSSR count). The minimum absolute atomic E-state index is 0.0349. The highest BCUT2D eigenvalue weighted by Crippen LogP contribution is 2.33. The zero-order valence-corrected chi connectivity index (χ0v) is 11.6. The number of nitrogens with one attached hydrogen (secondary N) is 1. The van der Waals surface area contributed by atoms with Gasteiger partial charge in [0.25, 0.3) is 0 Å². The van der Waals surface area contributed by atoms with Crippen LogP contribution < -0.4 is 5.32 Å². The number of halogens is 1. The van der Waals surface area contributed by atoms with Crippen LogP contribution in [0.25, 0.3) is 0 Å². The predicted molar refractivity (Wildman–Crippen MR) is 67.2 cm³/mol. The molecule has 6 heteroatoms. The van der Waals surface area contributed by atoms with Crippen LogP contribution in [0.15, 0.2) is 0 Å². The average molecular weight is 272 g/mol. The molecule has 2 saturated heterocycles. The van der Waals surface area contributed by atoms with Crippen LogP contribution >= 0.6 is 0 Å². The number of nitrogens with zero attached hydrogens (tertiary/aromatic N) is 1. The van der Waals surface area contributed by atoms with E-state index in [1.54, 1.807) is 0 Å². The molecule has 2 aliphatic heterocycles. The number of likely N-dealkylation sites (tertiary alicyclic amines) is 1. The molecule has 0 unspecified atom stereocenters. The van der Waals surface area contributed by atoms with Gasteiger partial charge in [-0.05, 0) is 6.42 Å². The van der Waals surface area contributed by atoms with E-state index in [1.165, 1.54) is 12.0 Å². The summed E-state index contributed by atoms with van der Waals surface area (Å²) < 4.78 is 19.3. The molecule has 0 aromatic rings. The highest BCUT2D eigenvalue weighted by atomic mass is 19.1. The minimum Gasteiger partial charge on any atom is -0.378 e. The Bertz CT molecular complexity index is 386. The standard InChI is InChI=1S/C13H21FN2O3/c1-13(2)7-16(6-8(14)11(13)19-3)12(18)9-4-5-10(17)15-9/h8-9,11H,4-7H2,1-3H3,(H,15,17)/t8-,9-,11-/m0/s1. The summed E-state index contributed by atoms with van der Waals surface area (Å²) >= 11 is 0. The van der Waals surface area contributed by atoms with Crippen molar-refractivity contribution in [2.45, 2.75) is 45.0 Å². The normalized spacial score (nSPS) is 34.2. The molecule has 0 spiro atoms. The number of amides is 2. The molecule has 2 heterocycles. The maximum atomic E-state index is 14.1. The van der Waals surface area contributed by atoms with Crippen molar-refractivity contribution in [3.8, 4) is 0 Å². The van der Waals surface area contributed by atoms with Crippen molar-refractivity contribution in [2.75, 3.05) is 20.2 Å². The summed E-state index contributed by atoms with van der Waals surface area (Å²) in [7, 11) is 1.49. The Balaban J connectivity index is 2.06. The number of carbonyl (C=O) groups is 2. The van der Waals surface area contributed by atoms with Crippen molar-refractivity contribution in [1.29, 1.82) is 0 Å². The van der Waals surface area contributed by atoms with E-state index < -0.39 is 23.7 Å². The largest absolute Gasteiger partial charge is 0.378 e. The third-order valence-electron chi connectivity index (χ3n) is 3.95. The summed E-state index contributed by atoms with van der Waals surface area (Å²) in [5.41, 5.74) is -0.440. The fourth-order valence-corrected chi connectivity index (χ4v) is 3.10. The van der Waals surface area contributed by atoms with Gasteiger partial charge < -0.3 is 15.0 Å². The molecule has 2 aliphatic rings. The lowest BCUT2D eigenvalue weighted by Gasteiger charge is -2.45. The number of hydrogen-bond acceptors (Lipinski definition) is 3. The quantitative estimate of drug-likeness (QED) is 0.796. The Morgan fingerprint density at radius 2 is 2.21 bits per heavy atom. The summed E-state index contributed by atoms with van der Waals surface area (Å²) in [5, 5.41) is 2.63. The van der Waals surface area contributed by atoms with Gasteiger partial charge in [0.2, 0.25) is 11.8 Å². The maximum absolute atomic E-state index is 14.1. The number of piperidine rings is 1. The molecule has 2 fully saturated rings. The maximum Gasteiger partial charge on any atom is 0.245 e. The Morgan fingerprint density at radius 1 is 1.53 bits per heavy atom. The first-order valence-corrected chi connectivity index (χ1v) is 6.60. The Labute approximate surface area is 112 Å². The highest BCUT2D eigenvalue weighted by molar-refractivity contribution is 5.90. The van der Waals surface area contributed by atoms with Gasteiger partial charge in [0.05, 0.1) is 12.6 Å². The second kappa shape index (κ2) is 5.07. The zero-order valence-electron chi connectivity index (χ0n) is 11.6. The van der Waals surface area contributed by atoms with Crippen molar-refractivity contribution in [3.63, 3.8) is 0 Å². The number of carbonyl (C=O) groups excluding carboxylic acids is 2. The third-order valence-corrected chi connectivity index (χ3v) is 3.95. The minimum atomic E-state index is -1.20. The van der Waals surface area contributed by atoms with Gasteiger partial charge in [-0.3, -0.25) is 9.59 Å². The van der Waals surface area contributed by atoms with Crippen LogP contribution in [-0.2, 0) is 14.3 Å². The summed E-state index contributed by atoms with van der Waals surface area (Å²) in [6, 6.07) is -0.491. The Kier molecular flexibility index (Phi) is 3.80. The Hall–Kier alpha value is -1.17. The first-order chi connectivity index (χ1) is 8.85.